The fourth-order valence-corrected chi connectivity index (χ4v) is 2.95. The molecular formula is C14H19FN2O3S. The maximum absolute atomic E-state index is 13.4. The lowest BCUT2D eigenvalue weighted by Gasteiger charge is -2.23. The summed E-state index contributed by atoms with van der Waals surface area (Å²) in [5, 5.41) is 5.12. The third-order valence-electron chi connectivity index (χ3n) is 3.48. The second kappa shape index (κ2) is 6.11. The van der Waals surface area contributed by atoms with Crippen molar-refractivity contribution in [2.45, 2.75) is 43.5 Å². The highest BCUT2D eigenvalue weighted by Gasteiger charge is 2.34. The number of halogens is 1. The molecule has 7 heteroatoms. The Bertz CT molecular complexity index is 642. The Hall–Kier alpha value is -1.47. The monoisotopic (exact) mass is 314 g/mol. The molecule has 0 bridgehead atoms. The molecule has 0 aromatic heterocycles. The number of nitrogens with two attached hydrogens (primary N) is 1. The summed E-state index contributed by atoms with van der Waals surface area (Å²) >= 11 is 0. The van der Waals surface area contributed by atoms with E-state index >= 15 is 0 Å². The van der Waals surface area contributed by atoms with Crippen LogP contribution in [0.2, 0.25) is 0 Å². The molecule has 1 aliphatic rings. The molecule has 0 spiro atoms. The molecule has 0 aliphatic heterocycles. The van der Waals surface area contributed by atoms with Crippen LogP contribution in [0, 0.1) is 5.82 Å². The molecule has 0 heterocycles. The van der Waals surface area contributed by atoms with E-state index in [1.807, 2.05) is 6.92 Å². The van der Waals surface area contributed by atoms with E-state index in [4.69, 9.17) is 5.14 Å². The largest absolute Gasteiger partial charge is 0.336 e. The van der Waals surface area contributed by atoms with Crippen molar-refractivity contribution in [2.24, 2.45) is 5.14 Å². The minimum absolute atomic E-state index is 0.126. The van der Waals surface area contributed by atoms with Crippen molar-refractivity contribution in [3.8, 4) is 0 Å². The van der Waals surface area contributed by atoms with Crippen LogP contribution in [0.1, 0.15) is 43.0 Å². The summed E-state index contributed by atoms with van der Waals surface area (Å²) in [6, 6.07) is 3.11. The molecule has 1 aliphatic carbocycles. The van der Waals surface area contributed by atoms with E-state index in [9.17, 15) is 17.6 Å². The van der Waals surface area contributed by atoms with Gasteiger partial charge in [0.15, 0.2) is 0 Å². The van der Waals surface area contributed by atoms with Crippen LogP contribution >= 0.6 is 0 Å². The van der Waals surface area contributed by atoms with Crippen molar-refractivity contribution in [1.29, 1.82) is 0 Å². The fourth-order valence-electron chi connectivity index (χ4n) is 2.24. The Morgan fingerprint density at radius 1 is 1.43 bits per heavy atom. The first kappa shape index (κ1) is 15.9. The summed E-state index contributed by atoms with van der Waals surface area (Å²) in [5.74, 6) is -1.12. The molecule has 0 radical (unpaired) electrons. The van der Waals surface area contributed by atoms with E-state index in [0.717, 1.165) is 43.9 Å². The van der Waals surface area contributed by atoms with Crippen LogP contribution in [-0.2, 0) is 10.0 Å². The molecule has 1 saturated carbocycles. The average Bonchev–Trinajstić information content (AvgIpc) is 3.22. The first-order valence-electron chi connectivity index (χ1n) is 6.98. The van der Waals surface area contributed by atoms with Crippen LogP contribution in [0.5, 0.6) is 0 Å². The topological polar surface area (TPSA) is 80.5 Å². The van der Waals surface area contributed by atoms with Crippen molar-refractivity contribution < 1.29 is 17.6 Å². The van der Waals surface area contributed by atoms with Crippen LogP contribution in [0.15, 0.2) is 23.1 Å². The van der Waals surface area contributed by atoms with Crippen molar-refractivity contribution in [3.05, 3.63) is 29.6 Å². The number of unbranched alkanes of at least 4 members (excludes halogenated alkanes) is 1. The van der Waals surface area contributed by atoms with Crippen LogP contribution in [0.3, 0.4) is 0 Å². The van der Waals surface area contributed by atoms with E-state index < -0.39 is 21.7 Å². The standard InChI is InChI=1S/C14H19FN2O3S/c1-2-3-8-17(11-5-6-11)14(18)12-9-10(15)4-7-13(12)21(16,19)20/h4,7,9,11H,2-3,5-6,8H2,1H3,(H2,16,19,20). The summed E-state index contributed by atoms with van der Waals surface area (Å²) < 4.78 is 36.6. The average molecular weight is 314 g/mol. The van der Waals surface area contributed by atoms with Crippen molar-refractivity contribution in [2.75, 3.05) is 6.54 Å². The molecule has 0 saturated heterocycles. The summed E-state index contributed by atoms with van der Waals surface area (Å²) in [7, 11) is -4.07. The predicted molar refractivity (Wildman–Crippen MR) is 76.7 cm³/mol. The zero-order chi connectivity index (χ0) is 15.6. The molecule has 0 atom stereocenters. The number of carbonyl (C=O) groups is 1. The highest BCUT2D eigenvalue weighted by molar-refractivity contribution is 7.89. The highest BCUT2D eigenvalue weighted by atomic mass is 32.2. The number of nitrogens with zero attached hydrogens (tertiary/aromatic N) is 1. The quantitative estimate of drug-likeness (QED) is 0.870. The van der Waals surface area contributed by atoms with E-state index in [1.54, 1.807) is 4.90 Å². The van der Waals surface area contributed by atoms with Crippen molar-refractivity contribution in [3.63, 3.8) is 0 Å². The Morgan fingerprint density at radius 2 is 2.10 bits per heavy atom. The number of carbonyl (C=O) groups excluding carboxylic acids is 1. The van der Waals surface area contributed by atoms with Gasteiger partial charge >= 0.3 is 0 Å². The third kappa shape index (κ3) is 3.79. The zero-order valence-electron chi connectivity index (χ0n) is 11.9. The molecule has 1 aromatic rings. The van der Waals surface area contributed by atoms with Gasteiger partial charge in [-0.05, 0) is 37.5 Å². The van der Waals surface area contributed by atoms with E-state index in [-0.39, 0.29) is 16.5 Å². The van der Waals surface area contributed by atoms with E-state index in [0.29, 0.717) is 6.54 Å². The maximum Gasteiger partial charge on any atom is 0.255 e. The van der Waals surface area contributed by atoms with Crippen LogP contribution in [0.25, 0.3) is 0 Å². The predicted octanol–water partition coefficient (Wildman–Crippen LogP) is 1.88. The third-order valence-corrected chi connectivity index (χ3v) is 4.45. The minimum atomic E-state index is -4.07. The molecule has 21 heavy (non-hydrogen) atoms. The van der Waals surface area contributed by atoms with Gasteiger partial charge in [-0.3, -0.25) is 4.79 Å². The lowest BCUT2D eigenvalue weighted by molar-refractivity contribution is 0.0736. The first-order chi connectivity index (χ1) is 9.84. The number of amides is 1. The molecule has 1 fully saturated rings. The molecule has 2 rings (SSSR count). The smallest absolute Gasteiger partial charge is 0.255 e. The lowest BCUT2D eigenvalue weighted by Crippen LogP contribution is -2.35. The Balaban J connectivity index is 2.39. The zero-order valence-corrected chi connectivity index (χ0v) is 12.7. The van der Waals surface area contributed by atoms with Gasteiger partial charge in [-0.2, -0.15) is 0 Å². The SMILES string of the molecule is CCCCN(C(=O)c1cc(F)ccc1S(N)(=O)=O)C1CC1. The number of hydrogen-bond donors (Lipinski definition) is 1. The van der Waals surface area contributed by atoms with Gasteiger partial charge in [0, 0.05) is 12.6 Å². The van der Waals surface area contributed by atoms with Gasteiger partial charge in [0.2, 0.25) is 10.0 Å². The molecule has 1 aromatic carbocycles. The second-order valence-corrected chi connectivity index (χ2v) is 6.80. The Kier molecular flexibility index (Phi) is 4.63. The number of hydrogen-bond acceptors (Lipinski definition) is 3. The van der Waals surface area contributed by atoms with Gasteiger partial charge in [0.1, 0.15) is 5.82 Å². The van der Waals surface area contributed by atoms with Gasteiger partial charge < -0.3 is 4.90 Å². The Labute approximate surface area is 124 Å². The van der Waals surface area contributed by atoms with Crippen LogP contribution in [0.4, 0.5) is 4.39 Å². The van der Waals surface area contributed by atoms with Crippen molar-refractivity contribution >= 4 is 15.9 Å². The van der Waals surface area contributed by atoms with Gasteiger partial charge in [-0.1, -0.05) is 13.3 Å². The molecule has 116 valence electrons. The number of rotatable bonds is 6. The van der Waals surface area contributed by atoms with Gasteiger partial charge in [0.05, 0.1) is 10.5 Å². The summed E-state index contributed by atoms with van der Waals surface area (Å²) in [4.78, 5) is 13.9. The fraction of sp³-hybridized carbons (Fsp3) is 0.500. The molecular weight excluding hydrogens is 295 g/mol. The molecule has 0 unspecified atom stereocenters. The van der Waals surface area contributed by atoms with E-state index in [2.05, 4.69) is 0 Å². The van der Waals surface area contributed by atoms with E-state index in [1.165, 1.54) is 0 Å². The maximum atomic E-state index is 13.4. The molecule has 1 amide bonds. The van der Waals surface area contributed by atoms with Gasteiger partial charge in [-0.25, -0.2) is 17.9 Å². The molecule has 5 nitrogen and oxygen atoms in total. The summed E-state index contributed by atoms with van der Waals surface area (Å²) in [6.07, 6.45) is 3.54. The highest BCUT2D eigenvalue weighted by Crippen LogP contribution is 2.30. The normalized spacial score (nSPS) is 15.0. The van der Waals surface area contributed by atoms with Gasteiger partial charge in [0.25, 0.3) is 5.91 Å². The first-order valence-corrected chi connectivity index (χ1v) is 8.52. The van der Waals surface area contributed by atoms with Crippen LogP contribution < -0.4 is 5.14 Å². The van der Waals surface area contributed by atoms with Crippen molar-refractivity contribution in [1.82, 2.24) is 4.90 Å². The number of primary sulfonamides is 1. The minimum Gasteiger partial charge on any atom is -0.336 e. The van der Waals surface area contributed by atoms with Crippen LogP contribution in [-0.4, -0.2) is 31.8 Å². The second-order valence-electron chi connectivity index (χ2n) is 5.27. The number of sulfonamides is 1. The summed E-state index contributed by atoms with van der Waals surface area (Å²) in [5.41, 5.74) is -0.180. The summed E-state index contributed by atoms with van der Waals surface area (Å²) in [6.45, 7) is 2.55. The number of benzene rings is 1. The molecule has 2 N–H and O–H groups in total. The Morgan fingerprint density at radius 3 is 2.62 bits per heavy atom. The lowest BCUT2D eigenvalue weighted by atomic mass is 10.1. The van der Waals surface area contributed by atoms with Gasteiger partial charge in [-0.15, -0.1) is 0 Å².